The molecule has 0 fully saturated rings. The molecule has 0 atom stereocenters. The number of hydrogen-bond donors (Lipinski definition) is 0. The second-order valence-corrected chi connectivity index (χ2v) is 7.50. The van der Waals surface area contributed by atoms with Gasteiger partial charge in [0.15, 0.2) is 0 Å². The topological polar surface area (TPSA) is 39.9 Å². The highest BCUT2D eigenvalue weighted by atomic mass is 35.5. The predicted molar refractivity (Wildman–Crippen MR) is 112 cm³/mol. The maximum Gasteiger partial charge on any atom is 0.134 e. The van der Waals surface area contributed by atoms with Gasteiger partial charge in [-0.05, 0) is 35.9 Å². The number of halogens is 2. The molecule has 0 aliphatic rings. The van der Waals surface area contributed by atoms with Crippen LogP contribution in [0.4, 0.5) is 5.69 Å². The van der Waals surface area contributed by atoms with Crippen molar-refractivity contribution in [1.29, 1.82) is 5.26 Å². The zero-order valence-electron chi connectivity index (χ0n) is 14.2. The van der Waals surface area contributed by atoms with Crippen LogP contribution in [-0.2, 0) is 0 Å². The highest BCUT2D eigenvalue weighted by molar-refractivity contribution is 7.11. The van der Waals surface area contributed by atoms with Crippen LogP contribution in [0, 0.1) is 11.3 Å². The summed E-state index contributed by atoms with van der Waals surface area (Å²) in [4.78, 5) is 6.61. The van der Waals surface area contributed by atoms with Gasteiger partial charge in [-0.3, -0.25) is 0 Å². The van der Waals surface area contributed by atoms with Gasteiger partial charge in [0, 0.05) is 30.7 Å². The summed E-state index contributed by atoms with van der Waals surface area (Å²) in [7, 11) is 3.98. The third-order valence-corrected chi connectivity index (χ3v) is 5.41. The van der Waals surface area contributed by atoms with Crippen molar-refractivity contribution < 1.29 is 0 Å². The van der Waals surface area contributed by atoms with Crippen molar-refractivity contribution in [2.24, 2.45) is 0 Å². The van der Waals surface area contributed by atoms with E-state index in [1.165, 1.54) is 11.3 Å². The minimum Gasteiger partial charge on any atom is -0.378 e. The molecule has 2 aromatic carbocycles. The second kappa shape index (κ2) is 7.92. The van der Waals surface area contributed by atoms with Crippen LogP contribution in [0.15, 0.2) is 47.8 Å². The summed E-state index contributed by atoms with van der Waals surface area (Å²) in [6.07, 6.45) is 1.84. The number of rotatable bonds is 4. The van der Waals surface area contributed by atoms with E-state index in [4.69, 9.17) is 23.2 Å². The van der Waals surface area contributed by atoms with Gasteiger partial charge in [0.1, 0.15) is 11.1 Å². The molecular formula is C20H15Cl2N3S. The molecule has 0 unspecified atom stereocenters. The molecule has 0 aliphatic heterocycles. The molecule has 26 heavy (non-hydrogen) atoms. The van der Waals surface area contributed by atoms with Crippen molar-refractivity contribution in [1.82, 2.24) is 4.98 Å². The molecular weight excluding hydrogens is 385 g/mol. The summed E-state index contributed by atoms with van der Waals surface area (Å²) in [6.45, 7) is 0. The molecule has 0 saturated heterocycles. The lowest BCUT2D eigenvalue weighted by molar-refractivity contribution is 1.13. The van der Waals surface area contributed by atoms with Crippen molar-refractivity contribution in [3.05, 3.63) is 68.5 Å². The van der Waals surface area contributed by atoms with E-state index < -0.39 is 0 Å². The lowest BCUT2D eigenvalue weighted by atomic mass is 10.1. The van der Waals surface area contributed by atoms with Gasteiger partial charge in [0.05, 0.1) is 21.3 Å². The summed E-state index contributed by atoms with van der Waals surface area (Å²) in [5, 5.41) is 13.1. The third-order valence-electron chi connectivity index (χ3n) is 3.79. The first-order chi connectivity index (χ1) is 12.5. The number of thiazole rings is 1. The van der Waals surface area contributed by atoms with E-state index in [9.17, 15) is 5.26 Å². The first-order valence-corrected chi connectivity index (χ1v) is 9.42. The van der Waals surface area contributed by atoms with Crippen LogP contribution in [-0.4, -0.2) is 19.1 Å². The van der Waals surface area contributed by atoms with Crippen LogP contribution in [0.2, 0.25) is 10.0 Å². The molecule has 3 aromatic rings. The Morgan fingerprint density at radius 1 is 1.12 bits per heavy atom. The Bertz CT molecular complexity index is 999. The zero-order chi connectivity index (χ0) is 18.7. The first kappa shape index (κ1) is 18.5. The first-order valence-electron chi connectivity index (χ1n) is 7.78. The molecule has 0 aliphatic carbocycles. The van der Waals surface area contributed by atoms with Crippen molar-refractivity contribution in [2.75, 3.05) is 19.0 Å². The monoisotopic (exact) mass is 399 g/mol. The van der Waals surface area contributed by atoms with Crippen molar-refractivity contribution in [3.63, 3.8) is 0 Å². The molecule has 0 spiro atoms. The van der Waals surface area contributed by atoms with E-state index in [2.05, 4.69) is 11.1 Å². The molecule has 0 radical (unpaired) electrons. The van der Waals surface area contributed by atoms with Gasteiger partial charge in [-0.2, -0.15) is 5.26 Å². The van der Waals surface area contributed by atoms with Crippen LogP contribution in [0.1, 0.15) is 10.6 Å². The van der Waals surface area contributed by atoms with E-state index in [0.29, 0.717) is 20.6 Å². The largest absolute Gasteiger partial charge is 0.378 e. The van der Waals surface area contributed by atoms with Gasteiger partial charge in [0.2, 0.25) is 0 Å². The summed E-state index contributed by atoms with van der Waals surface area (Å²) < 4.78 is 0. The maximum atomic E-state index is 9.55. The molecule has 3 nitrogen and oxygen atoms in total. The molecule has 0 saturated carbocycles. The minimum absolute atomic E-state index is 0.482. The van der Waals surface area contributed by atoms with Gasteiger partial charge in [-0.25, -0.2) is 4.98 Å². The number of anilines is 1. The quantitative estimate of drug-likeness (QED) is 0.486. The number of hydrogen-bond acceptors (Lipinski definition) is 4. The highest BCUT2D eigenvalue weighted by Crippen LogP contribution is 2.31. The second-order valence-electron chi connectivity index (χ2n) is 5.82. The van der Waals surface area contributed by atoms with Gasteiger partial charge in [-0.1, -0.05) is 41.4 Å². The number of allylic oxidation sites excluding steroid dienone is 1. The Balaban J connectivity index is 1.90. The Labute approximate surface area is 166 Å². The highest BCUT2D eigenvalue weighted by Gasteiger charge is 2.10. The van der Waals surface area contributed by atoms with E-state index in [1.807, 2.05) is 60.8 Å². The smallest absolute Gasteiger partial charge is 0.134 e. The summed E-state index contributed by atoms with van der Waals surface area (Å²) in [5.41, 5.74) is 4.23. The van der Waals surface area contributed by atoms with Gasteiger partial charge in [-0.15, -0.1) is 11.3 Å². The number of nitriles is 1. The van der Waals surface area contributed by atoms with E-state index in [0.717, 1.165) is 22.5 Å². The number of aromatic nitrogens is 1. The van der Waals surface area contributed by atoms with E-state index in [1.54, 1.807) is 12.1 Å². The van der Waals surface area contributed by atoms with Crippen LogP contribution in [0.3, 0.4) is 0 Å². The molecule has 6 heteroatoms. The fraction of sp³-hybridized carbons (Fsp3) is 0.100. The Hall–Kier alpha value is -2.32. The fourth-order valence-electron chi connectivity index (χ4n) is 2.36. The summed E-state index contributed by atoms with van der Waals surface area (Å²) in [6, 6.07) is 15.6. The van der Waals surface area contributed by atoms with Crippen molar-refractivity contribution >= 4 is 51.9 Å². The van der Waals surface area contributed by atoms with Crippen molar-refractivity contribution in [2.45, 2.75) is 0 Å². The van der Waals surface area contributed by atoms with Crippen LogP contribution < -0.4 is 4.90 Å². The molecule has 0 amide bonds. The van der Waals surface area contributed by atoms with Gasteiger partial charge >= 0.3 is 0 Å². The molecule has 3 rings (SSSR count). The normalized spacial score (nSPS) is 11.3. The predicted octanol–water partition coefficient (Wildman–Crippen LogP) is 6.25. The Morgan fingerprint density at radius 2 is 1.85 bits per heavy atom. The van der Waals surface area contributed by atoms with Crippen LogP contribution in [0.5, 0.6) is 0 Å². The van der Waals surface area contributed by atoms with E-state index in [-0.39, 0.29) is 0 Å². The average molecular weight is 400 g/mol. The summed E-state index contributed by atoms with van der Waals surface area (Å²) in [5.74, 6) is 0. The van der Waals surface area contributed by atoms with Crippen LogP contribution in [0.25, 0.3) is 22.9 Å². The number of benzene rings is 2. The molecule has 130 valence electrons. The molecule has 1 aromatic heterocycles. The third kappa shape index (κ3) is 4.08. The lowest BCUT2D eigenvalue weighted by Crippen LogP contribution is -2.07. The minimum atomic E-state index is 0.482. The number of nitrogens with zero attached hydrogens (tertiary/aromatic N) is 3. The molecule has 1 heterocycles. The summed E-state index contributed by atoms with van der Waals surface area (Å²) >= 11 is 13.5. The van der Waals surface area contributed by atoms with Gasteiger partial charge in [0.25, 0.3) is 0 Å². The Kier molecular flexibility index (Phi) is 5.63. The Morgan fingerprint density at radius 3 is 2.46 bits per heavy atom. The van der Waals surface area contributed by atoms with Crippen LogP contribution >= 0.6 is 34.5 Å². The maximum absolute atomic E-state index is 9.55. The lowest BCUT2D eigenvalue weighted by Gasteiger charge is -2.11. The average Bonchev–Trinajstić information content (AvgIpc) is 3.12. The molecule has 0 bridgehead atoms. The standard InChI is InChI=1S/C20H15Cl2N3S/c1-25(2)16-6-3-13(4-7-16)9-15(11-23)20-24-19(12-26-20)14-5-8-17(21)18(22)10-14/h3-10,12H,1-2H3/b15-9+. The van der Waals surface area contributed by atoms with Crippen molar-refractivity contribution in [3.8, 4) is 17.3 Å². The fourth-order valence-corrected chi connectivity index (χ4v) is 3.46. The molecule has 0 N–H and O–H groups in total. The van der Waals surface area contributed by atoms with Gasteiger partial charge < -0.3 is 4.90 Å². The van der Waals surface area contributed by atoms with E-state index >= 15 is 0 Å². The SMILES string of the molecule is CN(C)c1ccc(/C=C(\C#N)c2nc(-c3ccc(Cl)c(Cl)c3)cs2)cc1. The zero-order valence-corrected chi connectivity index (χ0v) is 16.5.